The number of hydrogen-bond acceptors (Lipinski definition) is 2. The minimum absolute atomic E-state index is 0.353. The zero-order valence-electron chi connectivity index (χ0n) is 6.71. The molecule has 1 aromatic rings. The first kappa shape index (κ1) is 6.92. The minimum Gasteiger partial charge on any atom is -0.466 e. The van der Waals surface area contributed by atoms with Gasteiger partial charge in [-0.15, -0.1) is 0 Å². The molecule has 1 aromatic heterocycles. The standard InChI is InChI=1S/C9H13NO/c1-2-6-3-4-9(11-6)7-5-8(7)10/h3-4,7-8H,2,5,10H2,1H3. The van der Waals surface area contributed by atoms with E-state index in [-0.39, 0.29) is 0 Å². The zero-order valence-corrected chi connectivity index (χ0v) is 6.71. The summed E-state index contributed by atoms with van der Waals surface area (Å²) in [6.07, 6.45) is 2.07. The average molecular weight is 151 g/mol. The summed E-state index contributed by atoms with van der Waals surface area (Å²) in [4.78, 5) is 0. The van der Waals surface area contributed by atoms with Gasteiger partial charge in [0.25, 0.3) is 0 Å². The summed E-state index contributed by atoms with van der Waals surface area (Å²) in [5, 5.41) is 0. The van der Waals surface area contributed by atoms with Crippen molar-refractivity contribution in [1.82, 2.24) is 0 Å². The van der Waals surface area contributed by atoms with Gasteiger partial charge in [0.15, 0.2) is 0 Å². The molecule has 1 aliphatic rings. The van der Waals surface area contributed by atoms with Crippen LogP contribution in [-0.2, 0) is 6.42 Å². The van der Waals surface area contributed by atoms with Crippen molar-refractivity contribution < 1.29 is 4.42 Å². The van der Waals surface area contributed by atoms with Crippen LogP contribution in [0.5, 0.6) is 0 Å². The summed E-state index contributed by atoms with van der Waals surface area (Å²) >= 11 is 0. The van der Waals surface area contributed by atoms with Crippen LogP contribution in [0.2, 0.25) is 0 Å². The van der Waals surface area contributed by atoms with Crippen LogP contribution in [0.15, 0.2) is 16.5 Å². The lowest BCUT2D eigenvalue weighted by Gasteiger charge is -1.90. The molecule has 2 heteroatoms. The van der Waals surface area contributed by atoms with E-state index in [0.29, 0.717) is 12.0 Å². The average Bonchev–Trinajstić information content (AvgIpc) is 2.59. The van der Waals surface area contributed by atoms with Crippen LogP contribution in [0.1, 0.15) is 30.8 Å². The van der Waals surface area contributed by atoms with E-state index in [1.54, 1.807) is 0 Å². The molecular formula is C9H13NO. The molecule has 0 radical (unpaired) electrons. The highest BCUT2D eigenvalue weighted by Gasteiger charge is 2.37. The molecule has 2 nitrogen and oxygen atoms in total. The molecule has 0 amide bonds. The minimum atomic E-state index is 0.353. The molecule has 0 aliphatic heterocycles. The third-order valence-corrected chi connectivity index (χ3v) is 2.24. The first-order chi connectivity index (χ1) is 5.31. The second kappa shape index (κ2) is 2.38. The van der Waals surface area contributed by atoms with Gasteiger partial charge in [0.05, 0.1) is 0 Å². The highest BCUT2D eigenvalue weighted by molar-refractivity contribution is 5.20. The predicted molar refractivity (Wildman–Crippen MR) is 43.4 cm³/mol. The van der Waals surface area contributed by atoms with E-state index in [0.717, 1.165) is 24.4 Å². The normalized spacial score (nSPS) is 28.9. The summed E-state index contributed by atoms with van der Waals surface area (Å²) in [5.41, 5.74) is 5.69. The highest BCUT2D eigenvalue weighted by atomic mass is 16.3. The van der Waals surface area contributed by atoms with Crippen LogP contribution >= 0.6 is 0 Å². The molecule has 0 spiro atoms. The zero-order chi connectivity index (χ0) is 7.84. The number of aryl methyl sites for hydroxylation is 1. The van der Waals surface area contributed by atoms with Gasteiger partial charge in [0.1, 0.15) is 11.5 Å². The van der Waals surface area contributed by atoms with Crippen molar-refractivity contribution in [1.29, 1.82) is 0 Å². The number of furan rings is 1. The van der Waals surface area contributed by atoms with E-state index in [9.17, 15) is 0 Å². The first-order valence-electron chi connectivity index (χ1n) is 4.15. The van der Waals surface area contributed by atoms with Gasteiger partial charge in [-0.1, -0.05) is 6.92 Å². The van der Waals surface area contributed by atoms with Crippen LogP contribution in [0.25, 0.3) is 0 Å². The third-order valence-electron chi connectivity index (χ3n) is 2.24. The Morgan fingerprint density at radius 3 is 2.82 bits per heavy atom. The Morgan fingerprint density at radius 2 is 2.36 bits per heavy atom. The SMILES string of the molecule is CCc1ccc(C2CC2N)o1. The van der Waals surface area contributed by atoms with Crippen molar-refractivity contribution in [2.45, 2.75) is 31.7 Å². The molecule has 0 bridgehead atoms. The molecule has 0 saturated heterocycles. The van der Waals surface area contributed by atoms with Crippen molar-refractivity contribution in [3.8, 4) is 0 Å². The fourth-order valence-electron chi connectivity index (χ4n) is 1.33. The molecule has 2 atom stereocenters. The summed E-state index contributed by atoms with van der Waals surface area (Å²) in [6, 6.07) is 4.45. The van der Waals surface area contributed by atoms with Crippen molar-refractivity contribution in [2.75, 3.05) is 0 Å². The van der Waals surface area contributed by atoms with E-state index in [4.69, 9.17) is 10.2 Å². The lowest BCUT2D eigenvalue weighted by molar-refractivity contribution is 0.469. The van der Waals surface area contributed by atoms with Gasteiger partial charge < -0.3 is 10.2 Å². The molecule has 1 fully saturated rings. The Bertz CT molecular complexity index is 254. The molecule has 2 unspecified atom stereocenters. The van der Waals surface area contributed by atoms with Crippen LogP contribution in [0.4, 0.5) is 0 Å². The first-order valence-corrected chi connectivity index (χ1v) is 4.15. The Balaban J connectivity index is 2.13. The van der Waals surface area contributed by atoms with Crippen molar-refractivity contribution in [3.05, 3.63) is 23.7 Å². The third kappa shape index (κ3) is 1.18. The molecule has 2 rings (SSSR count). The van der Waals surface area contributed by atoms with Crippen molar-refractivity contribution in [3.63, 3.8) is 0 Å². The predicted octanol–water partition coefficient (Wildman–Crippen LogP) is 1.66. The maximum atomic E-state index is 5.69. The van der Waals surface area contributed by atoms with Crippen LogP contribution in [0.3, 0.4) is 0 Å². The lowest BCUT2D eigenvalue weighted by atomic mass is 10.3. The summed E-state index contributed by atoms with van der Waals surface area (Å²) in [5.74, 6) is 2.66. The van der Waals surface area contributed by atoms with E-state index in [1.165, 1.54) is 0 Å². The molecule has 60 valence electrons. The van der Waals surface area contributed by atoms with Crippen molar-refractivity contribution in [2.24, 2.45) is 5.73 Å². The Labute approximate surface area is 66.4 Å². The molecule has 11 heavy (non-hydrogen) atoms. The summed E-state index contributed by atoms with van der Waals surface area (Å²) < 4.78 is 5.55. The van der Waals surface area contributed by atoms with Gasteiger partial charge in [0, 0.05) is 18.4 Å². The van der Waals surface area contributed by atoms with Crippen LogP contribution < -0.4 is 5.73 Å². The number of nitrogens with two attached hydrogens (primary N) is 1. The number of hydrogen-bond donors (Lipinski definition) is 1. The number of rotatable bonds is 2. The van der Waals surface area contributed by atoms with E-state index < -0.39 is 0 Å². The van der Waals surface area contributed by atoms with Crippen LogP contribution in [-0.4, -0.2) is 6.04 Å². The quantitative estimate of drug-likeness (QED) is 0.698. The Kier molecular flexibility index (Phi) is 1.50. The smallest absolute Gasteiger partial charge is 0.108 e. The van der Waals surface area contributed by atoms with E-state index in [1.807, 2.05) is 6.07 Å². The fourth-order valence-corrected chi connectivity index (χ4v) is 1.33. The summed E-state index contributed by atoms with van der Waals surface area (Å²) in [7, 11) is 0. The van der Waals surface area contributed by atoms with Gasteiger partial charge in [-0.25, -0.2) is 0 Å². The highest BCUT2D eigenvalue weighted by Crippen LogP contribution is 2.39. The molecular weight excluding hydrogens is 138 g/mol. The van der Waals surface area contributed by atoms with Gasteiger partial charge >= 0.3 is 0 Å². The van der Waals surface area contributed by atoms with Gasteiger partial charge in [0.2, 0.25) is 0 Å². The second-order valence-corrected chi connectivity index (χ2v) is 3.16. The molecule has 1 heterocycles. The van der Waals surface area contributed by atoms with Crippen molar-refractivity contribution >= 4 is 0 Å². The molecule has 1 aliphatic carbocycles. The van der Waals surface area contributed by atoms with Gasteiger partial charge in [-0.2, -0.15) is 0 Å². The Hall–Kier alpha value is -0.760. The van der Waals surface area contributed by atoms with Gasteiger partial charge in [-0.3, -0.25) is 0 Å². The molecule has 1 saturated carbocycles. The van der Waals surface area contributed by atoms with Crippen LogP contribution in [0, 0.1) is 0 Å². The topological polar surface area (TPSA) is 39.2 Å². The second-order valence-electron chi connectivity index (χ2n) is 3.16. The summed E-state index contributed by atoms with van der Waals surface area (Å²) in [6.45, 7) is 2.09. The monoisotopic (exact) mass is 151 g/mol. The molecule has 0 aromatic carbocycles. The lowest BCUT2D eigenvalue weighted by Crippen LogP contribution is -2.00. The van der Waals surface area contributed by atoms with Gasteiger partial charge in [-0.05, 0) is 18.6 Å². The van der Waals surface area contributed by atoms with E-state index >= 15 is 0 Å². The molecule has 2 N–H and O–H groups in total. The van der Waals surface area contributed by atoms with E-state index in [2.05, 4.69) is 13.0 Å². The maximum absolute atomic E-state index is 5.69. The fraction of sp³-hybridized carbons (Fsp3) is 0.556. The maximum Gasteiger partial charge on any atom is 0.108 e. The largest absolute Gasteiger partial charge is 0.466 e. The Morgan fingerprint density at radius 1 is 1.64 bits per heavy atom.